The topological polar surface area (TPSA) is 73.1 Å². The van der Waals surface area contributed by atoms with E-state index in [0.29, 0.717) is 5.82 Å². The second kappa shape index (κ2) is 7.23. The third-order valence-electron chi connectivity index (χ3n) is 6.13. The van der Waals surface area contributed by atoms with Crippen LogP contribution in [0.1, 0.15) is 48.8 Å². The van der Waals surface area contributed by atoms with Gasteiger partial charge in [0.05, 0.1) is 22.3 Å². The molecule has 6 rings (SSSR count). The molecule has 2 aromatic heterocycles. The van der Waals surface area contributed by atoms with E-state index >= 15 is 0 Å². The fourth-order valence-corrected chi connectivity index (χ4v) is 6.08. The van der Waals surface area contributed by atoms with Crippen molar-refractivity contribution in [2.75, 3.05) is 0 Å². The van der Waals surface area contributed by atoms with Gasteiger partial charge in [-0.05, 0) is 50.1 Å². The van der Waals surface area contributed by atoms with Gasteiger partial charge in [-0.3, -0.25) is 0 Å². The van der Waals surface area contributed by atoms with Crippen LogP contribution in [0.15, 0.2) is 53.7 Å². The molecule has 0 radical (unpaired) electrons. The molecule has 0 saturated carbocycles. The molecule has 2 aromatic carbocycles. The van der Waals surface area contributed by atoms with Crippen molar-refractivity contribution >= 4 is 22.8 Å². The van der Waals surface area contributed by atoms with Crippen molar-refractivity contribution in [3.05, 3.63) is 66.0 Å². The monoisotopic (exact) mass is 466 g/mol. The number of aromatic nitrogens is 4. The van der Waals surface area contributed by atoms with E-state index < -0.39 is 12.2 Å². The highest BCUT2D eigenvalue weighted by atomic mass is 32.2. The lowest BCUT2D eigenvalue weighted by atomic mass is 10.0. The number of hydrogen-bond donors (Lipinski definition) is 1. The smallest absolute Gasteiger partial charge is 0.387 e. The van der Waals surface area contributed by atoms with E-state index in [1.54, 1.807) is 50.1 Å². The molecule has 1 N–H and O–H groups in total. The maximum atomic E-state index is 13.1. The molecule has 0 spiro atoms. The van der Waals surface area contributed by atoms with E-state index in [2.05, 4.69) is 14.5 Å². The highest BCUT2D eigenvalue weighted by Crippen LogP contribution is 2.58. The minimum absolute atomic E-state index is 0.120. The lowest BCUT2D eigenvalue weighted by molar-refractivity contribution is -0.0508. The summed E-state index contributed by atoms with van der Waals surface area (Å²) in [5, 5.41) is 10.3. The van der Waals surface area contributed by atoms with Crippen LogP contribution in [0, 0.1) is 0 Å². The van der Waals surface area contributed by atoms with Crippen LogP contribution >= 0.6 is 11.8 Å². The average Bonchev–Trinajstić information content (AvgIpc) is 3.28. The van der Waals surface area contributed by atoms with Crippen molar-refractivity contribution in [2.24, 2.45) is 0 Å². The second-order valence-electron chi connectivity index (χ2n) is 8.80. The Morgan fingerprint density at radius 2 is 1.94 bits per heavy atom. The van der Waals surface area contributed by atoms with Crippen molar-refractivity contribution < 1.29 is 18.6 Å². The lowest BCUT2D eigenvalue weighted by Crippen LogP contribution is -2.19. The quantitative estimate of drug-likeness (QED) is 0.431. The molecule has 33 heavy (non-hydrogen) atoms. The summed E-state index contributed by atoms with van der Waals surface area (Å²) in [7, 11) is 0. The standard InChI is InChI=1S/C24H20F2N4O2S/c1-24(2,31)22-27-10-13(11-28-22)12-6-7-14-15(8-12)30-16-9-19(21(30)29-14)33-18-5-3-4-17(20(16)18)32-23(25)26/h3-8,10-11,16,19,23,31H,9H2,1-2H3/t16-,19+/m0/s1. The Morgan fingerprint density at radius 1 is 1.15 bits per heavy atom. The highest BCUT2D eigenvalue weighted by molar-refractivity contribution is 7.99. The summed E-state index contributed by atoms with van der Waals surface area (Å²) in [6, 6.07) is 11.2. The first-order valence-corrected chi connectivity index (χ1v) is 11.5. The minimum Gasteiger partial charge on any atom is -0.434 e. The molecular weight excluding hydrogens is 446 g/mol. The van der Waals surface area contributed by atoms with E-state index in [-0.39, 0.29) is 17.0 Å². The van der Waals surface area contributed by atoms with Crippen molar-refractivity contribution in [2.45, 2.75) is 48.7 Å². The Bertz CT molecular complexity index is 1380. The van der Waals surface area contributed by atoms with E-state index in [9.17, 15) is 13.9 Å². The van der Waals surface area contributed by atoms with Gasteiger partial charge in [-0.25, -0.2) is 15.0 Å². The Balaban J connectivity index is 1.46. The minimum atomic E-state index is -2.88. The third kappa shape index (κ3) is 3.29. The first-order chi connectivity index (χ1) is 15.8. The van der Waals surface area contributed by atoms with Gasteiger partial charge in [-0.15, -0.1) is 11.8 Å². The number of aliphatic hydroxyl groups is 1. The fourth-order valence-electron chi connectivity index (χ4n) is 4.71. The molecule has 168 valence electrons. The first kappa shape index (κ1) is 20.6. The zero-order valence-corrected chi connectivity index (χ0v) is 18.7. The van der Waals surface area contributed by atoms with Crippen LogP contribution in [0.25, 0.3) is 22.2 Å². The lowest BCUT2D eigenvalue weighted by Gasteiger charge is -2.25. The summed E-state index contributed by atoms with van der Waals surface area (Å²) in [5.74, 6) is 1.52. The summed E-state index contributed by atoms with van der Waals surface area (Å²) < 4.78 is 33.2. The molecule has 2 aliphatic heterocycles. The van der Waals surface area contributed by atoms with Crippen molar-refractivity contribution in [1.29, 1.82) is 0 Å². The van der Waals surface area contributed by atoms with Gasteiger partial charge in [-0.2, -0.15) is 8.78 Å². The predicted molar refractivity (Wildman–Crippen MR) is 120 cm³/mol. The Morgan fingerprint density at radius 3 is 2.67 bits per heavy atom. The van der Waals surface area contributed by atoms with Crippen molar-refractivity contribution in [3.8, 4) is 16.9 Å². The number of thioether (sulfide) groups is 1. The first-order valence-electron chi connectivity index (χ1n) is 10.6. The molecule has 0 saturated heterocycles. The molecule has 9 heteroatoms. The van der Waals surface area contributed by atoms with Gasteiger partial charge in [0.2, 0.25) is 0 Å². The fraction of sp³-hybridized carbons (Fsp3) is 0.292. The van der Waals surface area contributed by atoms with E-state index in [0.717, 1.165) is 44.9 Å². The summed E-state index contributed by atoms with van der Waals surface area (Å²) in [5.41, 5.74) is 3.20. The van der Waals surface area contributed by atoms with Gasteiger partial charge in [0.25, 0.3) is 0 Å². The number of rotatable bonds is 4. The van der Waals surface area contributed by atoms with Crippen LogP contribution < -0.4 is 4.74 Å². The van der Waals surface area contributed by atoms with E-state index in [4.69, 9.17) is 9.72 Å². The van der Waals surface area contributed by atoms with Gasteiger partial charge in [0.15, 0.2) is 5.82 Å². The van der Waals surface area contributed by atoms with E-state index in [1.807, 2.05) is 24.3 Å². The number of benzene rings is 2. The van der Waals surface area contributed by atoms with Gasteiger partial charge in [0.1, 0.15) is 17.2 Å². The zero-order valence-electron chi connectivity index (χ0n) is 17.9. The molecule has 4 aromatic rings. The van der Waals surface area contributed by atoms with Crippen LogP contribution in [-0.2, 0) is 5.60 Å². The molecule has 0 unspecified atom stereocenters. The number of nitrogens with zero attached hydrogens (tertiary/aromatic N) is 4. The van der Waals surface area contributed by atoms with Gasteiger partial charge in [-0.1, -0.05) is 12.1 Å². The van der Waals surface area contributed by atoms with E-state index in [1.165, 1.54) is 0 Å². The Kier molecular flexibility index (Phi) is 4.50. The number of halogens is 2. The summed E-state index contributed by atoms with van der Waals surface area (Å²) >= 11 is 1.65. The van der Waals surface area contributed by atoms with Crippen molar-refractivity contribution in [3.63, 3.8) is 0 Å². The maximum absolute atomic E-state index is 13.1. The third-order valence-corrected chi connectivity index (χ3v) is 7.43. The van der Waals surface area contributed by atoms with Crippen LogP contribution in [0.4, 0.5) is 8.78 Å². The predicted octanol–water partition coefficient (Wildman–Crippen LogP) is 5.46. The maximum Gasteiger partial charge on any atom is 0.387 e. The van der Waals surface area contributed by atoms with Crippen LogP contribution in [0.2, 0.25) is 0 Å². The van der Waals surface area contributed by atoms with Crippen molar-refractivity contribution in [1.82, 2.24) is 19.5 Å². The molecule has 0 amide bonds. The average molecular weight is 467 g/mol. The number of fused-ring (bicyclic) bond motifs is 9. The molecular formula is C24H20F2N4O2S. The zero-order chi connectivity index (χ0) is 22.9. The molecule has 2 atom stereocenters. The molecule has 2 bridgehead atoms. The summed E-state index contributed by atoms with van der Waals surface area (Å²) in [6.07, 6.45) is 4.18. The second-order valence-corrected chi connectivity index (χ2v) is 10.0. The number of ether oxygens (including phenoxy) is 1. The summed E-state index contributed by atoms with van der Waals surface area (Å²) in [6.45, 7) is 0.408. The van der Waals surface area contributed by atoms with Crippen LogP contribution in [-0.4, -0.2) is 31.2 Å². The van der Waals surface area contributed by atoms with Crippen LogP contribution in [0.5, 0.6) is 5.75 Å². The Labute approximate surface area is 192 Å². The normalized spacial score (nSPS) is 19.1. The van der Waals surface area contributed by atoms with Gasteiger partial charge >= 0.3 is 6.61 Å². The van der Waals surface area contributed by atoms with Gasteiger partial charge < -0.3 is 14.4 Å². The number of imidazole rings is 1. The number of alkyl halides is 2. The molecule has 2 aliphatic rings. The number of hydrogen-bond acceptors (Lipinski definition) is 6. The largest absolute Gasteiger partial charge is 0.434 e. The molecule has 6 nitrogen and oxygen atoms in total. The molecule has 0 aliphatic carbocycles. The van der Waals surface area contributed by atoms with Gasteiger partial charge in [0, 0.05) is 28.4 Å². The molecule has 0 fully saturated rings. The van der Waals surface area contributed by atoms with Crippen LogP contribution in [0.3, 0.4) is 0 Å². The molecule has 4 heterocycles. The Hall–Kier alpha value is -3.04. The SMILES string of the molecule is CC(C)(O)c1ncc(-c2ccc3nc4n(c3c2)[C@H]2C[C@H]4Sc3cccc(OC(F)F)c32)cn1. The highest BCUT2D eigenvalue weighted by Gasteiger charge is 2.42. The summed E-state index contributed by atoms with van der Waals surface area (Å²) in [4.78, 5) is 14.5.